The zero-order chi connectivity index (χ0) is 12.0. The van der Waals surface area contributed by atoms with E-state index in [2.05, 4.69) is 10.3 Å². The van der Waals surface area contributed by atoms with Gasteiger partial charge in [-0.1, -0.05) is 23.2 Å². The second-order valence-corrected chi connectivity index (χ2v) is 4.80. The van der Waals surface area contributed by atoms with Crippen molar-refractivity contribution in [2.75, 3.05) is 6.54 Å². The molecule has 1 aromatic carbocycles. The van der Waals surface area contributed by atoms with E-state index in [0.29, 0.717) is 35.5 Å². The molecule has 3 rings (SSSR count). The van der Waals surface area contributed by atoms with E-state index in [0.717, 1.165) is 11.3 Å². The van der Waals surface area contributed by atoms with Crippen LogP contribution in [0.2, 0.25) is 10.0 Å². The molecule has 88 valence electrons. The second-order valence-electron chi connectivity index (χ2n) is 4.01. The number of benzene rings is 1. The van der Waals surface area contributed by atoms with Gasteiger partial charge in [0, 0.05) is 25.1 Å². The molecule has 0 spiro atoms. The van der Waals surface area contributed by atoms with E-state index in [9.17, 15) is 4.79 Å². The minimum Gasteiger partial charge on any atom is -0.337 e. The Morgan fingerprint density at radius 2 is 2.18 bits per heavy atom. The number of carbonyl (C=O) groups excluding carboxylic acids is 1. The SMILES string of the molecule is O=C1CCN2Cc3c(ccc(Cl)c3Cl)N=C2N1. The van der Waals surface area contributed by atoms with Crippen LogP contribution in [0.4, 0.5) is 5.69 Å². The molecule has 1 aromatic rings. The summed E-state index contributed by atoms with van der Waals surface area (Å²) in [4.78, 5) is 17.7. The normalized spacial score (nSPS) is 18.1. The third-order valence-electron chi connectivity index (χ3n) is 2.91. The monoisotopic (exact) mass is 269 g/mol. The molecule has 0 aliphatic carbocycles. The minimum absolute atomic E-state index is 0.00325. The molecular formula is C11H9Cl2N3O. The summed E-state index contributed by atoms with van der Waals surface area (Å²) >= 11 is 12.1. The molecule has 2 aliphatic rings. The number of rotatable bonds is 0. The molecule has 2 heterocycles. The predicted octanol–water partition coefficient (Wildman–Crippen LogP) is 2.32. The molecule has 0 unspecified atom stereocenters. The maximum Gasteiger partial charge on any atom is 0.228 e. The van der Waals surface area contributed by atoms with Crippen molar-refractivity contribution in [3.8, 4) is 0 Å². The van der Waals surface area contributed by atoms with E-state index in [1.807, 2.05) is 11.0 Å². The van der Waals surface area contributed by atoms with Gasteiger partial charge in [0.2, 0.25) is 11.9 Å². The fourth-order valence-electron chi connectivity index (χ4n) is 2.00. The number of hydrogen-bond donors (Lipinski definition) is 1. The molecule has 2 aliphatic heterocycles. The highest BCUT2D eigenvalue weighted by atomic mass is 35.5. The molecule has 0 radical (unpaired) electrons. The topological polar surface area (TPSA) is 44.7 Å². The Morgan fingerprint density at radius 1 is 1.35 bits per heavy atom. The molecule has 0 atom stereocenters. The standard InChI is InChI=1S/C11H9Cl2N3O/c12-7-1-2-8-6(10(7)13)5-16-4-3-9(17)15-11(16)14-8/h1-2H,3-5H2,(H,14,15,17). The Morgan fingerprint density at radius 3 is 3.00 bits per heavy atom. The molecule has 4 nitrogen and oxygen atoms in total. The lowest BCUT2D eigenvalue weighted by atomic mass is 10.1. The van der Waals surface area contributed by atoms with Crippen molar-refractivity contribution >= 4 is 40.8 Å². The predicted molar refractivity (Wildman–Crippen MR) is 66.7 cm³/mol. The summed E-state index contributed by atoms with van der Waals surface area (Å²) in [6.07, 6.45) is 0.479. The van der Waals surface area contributed by atoms with Gasteiger partial charge < -0.3 is 4.90 Å². The highest BCUT2D eigenvalue weighted by molar-refractivity contribution is 6.42. The highest BCUT2D eigenvalue weighted by Gasteiger charge is 2.27. The maximum atomic E-state index is 11.3. The average molecular weight is 270 g/mol. The number of nitrogens with one attached hydrogen (secondary N) is 1. The second kappa shape index (κ2) is 3.89. The summed E-state index contributed by atoms with van der Waals surface area (Å²) in [6, 6.07) is 3.53. The highest BCUT2D eigenvalue weighted by Crippen LogP contribution is 2.36. The van der Waals surface area contributed by atoms with Gasteiger partial charge in [-0.2, -0.15) is 0 Å². The smallest absolute Gasteiger partial charge is 0.228 e. The lowest BCUT2D eigenvalue weighted by Crippen LogP contribution is -2.51. The van der Waals surface area contributed by atoms with Gasteiger partial charge in [0.1, 0.15) is 0 Å². The van der Waals surface area contributed by atoms with E-state index in [4.69, 9.17) is 23.2 Å². The number of halogens is 2. The van der Waals surface area contributed by atoms with Crippen molar-refractivity contribution in [3.05, 3.63) is 27.7 Å². The van der Waals surface area contributed by atoms with Gasteiger partial charge >= 0.3 is 0 Å². The molecule has 0 aromatic heterocycles. The summed E-state index contributed by atoms with van der Waals surface area (Å²) in [5.41, 5.74) is 1.69. The number of carbonyl (C=O) groups is 1. The summed E-state index contributed by atoms with van der Waals surface area (Å²) in [7, 11) is 0. The van der Waals surface area contributed by atoms with Crippen LogP contribution in [0.1, 0.15) is 12.0 Å². The first-order valence-electron chi connectivity index (χ1n) is 5.25. The first-order valence-corrected chi connectivity index (χ1v) is 6.01. The number of amides is 1. The number of guanidine groups is 1. The quantitative estimate of drug-likeness (QED) is 0.786. The molecule has 1 N–H and O–H groups in total. The molecule has 1 amide bonds. The van der Waals surface area contributed by atoms with Crippen LogP contribution in [-0.2, 0) is 11.3 Å². The lowest BCUT2D eigenvalue weighted by Gasteiger charge is -2.33. The fourth-order valence-corrected chi connectivity index (χ4v) is 2.40. The Kier molecular flexibility index (Phi) is 2.49. The Labute approximate surface area is 108 Å². The minimum atomic E-state index is 0.00325. The van der Waals surface area contributed by atoms with Crippen molar-refractivity contribution in [2.24, 2.45) is 4.99 Å². The van der Waals surface area contributed by atoms with Gasteiger partial charge in [0.15, 0.2) is 0 Å². The molecular weight excluding hydrogens is 261 g/mol. The number of hydrogen-bond acceptors (Lipinski definition) is 3. The van der Waals surface area contributed by atoms with Crippen LogP contribution in [-0.4, -0.2) is 23.3 Å². The van der Waals surface area contributed by atoms with Crippen LogP contribution in [0.5, 0.6) is 0 Å². The van der Waals surface area contributed by atoms with E-state index >= 15 is 0 Å². The van der Waals surface area contributed by atoms with Crippen molar-refractivity contribution in [3.63, 3.8) is 0 Å². The van der Waals surface area contributed by atoms with E-state index in [1.165, 1.54) is 0 Å². The largest absolute Gasteiger partial charge is 0.337 e. The van der Waals surface area contributed by atoms with Crippen LogP contribution in [0.3, 0.4) is 0 Å². The van der Waals surface area contributed by atoms with Crippen LogP contribution in [0.15, 0.2) is 17.1 Å². The summed E-state index contributed by atoms with van der Waals surface area (Å²) in [5, 5.41) is 3.83. The molecule has 6 heteroatoms. The summed E-state index contributed by atoms with van der Waals surface area (Å²) in [6.45, 7) is 1.29. The van der Waals surface area contributed by atoms with Crippen molar-refractivity contribution in [1.82, 2.24) is 10.2 Å². The first kappa shape index (κ1) is 10.9. The molecule has 1 saturated heterocycles. The van der Waals surface area contributed by atoms with E-state index in [-0.39, 0.29) is 5.91 Å². The van der Waals surface area contributed by atoms with Crippen LogP contribution < -0.4 is 5.32 Å². The zero-order valence-electron chi connectivity index (χ0n) is 8.83. The van der Waals surface area contributed by atoms with Gasteiger partial charge in [0.25, 0.3) is 0 Å². The zero-order valence-corrected chi connectivity index (χ0v) is 10.3. The third-order valence-corrected chi connectivity index (χ3v) is 3.75. The average Bonchev–Trinajstić information content (AvgIpc) is 2.32. The van der Waals surface area contributed by atoms with Crippen molar-refractivity contribution in [1.29, 1.82) is 0 Å². The Bertz CT molecular complexity index is 542. The lowest BCUT2D eigenvalue weighted by molar-refractivity contribution is -0.121. The van der Waals surface area contributed by atoms with Crippen LogP contribution >= 0.6 is 23.2 Å². The fraction of sp³-hybridized carbons (Fsp3) is 0.273. The van der Waals surface area contributed by atoms with Gasteiger partial charge in [-0.25, -0.2) is 4.99 Å². The molecule has 0 bridgehead atoms. The molecule has 1 fully saturated rings. The van der Waals surface area contributed by atoms with Gasteiger partial charge in [0.05, 0.1) is 15.7 Å². The van der Waals surface area contributed by atoms with Crippen LogP contribution in [0.25, 0.3) is 0 Å². The molecule has 17 heavy (non-hydrogen) atoms. The Hall–Kier alpha value is -1.26. The van der Waals surface area contributed by atoms with Crippen molar-refractivity contribution < 1.29 is 4.79 Å². The maximum absolute atomic E-state index is 11.3. The van der Waals surface area contributed by atoms with Gasteiger partial charge in [-0.3, -0.25) is 10.1 Å². The number of nitrogens with zero attached hydrogens (tertiary/aromatic N) is 2. The number of fused-ring (bicyclic) bond motifs is 2. The van der Waals surface area contributed by atoms with E-state index < -0.39 is 0 Å². The summed E-state index contributed by atoms with van der Waals surface area (Å²) in [5.74, 6) is 0.607. The first-order chi connectivity index (χ1) is 8.15. The van der Waals surface area contributed by atoms with Crippen LogP contribution in [0, 0.1) is 0 Å². The van der Waals surface area contributed by atoms with Gasteiger partial charge in [-0.05, 0) is 12.1 Å². The van der Waals surface area contributed by atoms with Crippen molar-refractivity contribution in [2.45, 2.75) is 13.0 Å². The number of aliphatic imine (C=N–C) groups is 1. The Balaban J connectivity index is 2.08. The summed E-state index contributed by atoms with van der Waals surface area (Å²) < 4.78 is 0. The van der Waals surface area contributed by atoms with E-state index in [1.54, 1.807) is 6.07 Å². The molecule has 0 saturated carbocycles. The van der Waals surface area contributed by atoms with Gasteiger partial charge in [-0.15, -0.1) is 0 Å². The third kappa shape index (κ3) is 1.77.